The highest BCUT2D eigenvalue weighted by atomic mass is 16.4. The number of piperidine rings is 1. The highest BCUT2D eigenvalue weighted by molar-refractivity contribution is 5.81. The average Bonchev–Trinajstić information content (AvgIpc) is 2.30. The van der Waals surface area contributed by atoms with Gasteiger partial charge in [0.25, 0.3) is 0 Å². The number of aryl methyl sites for hydroxylation is 1. The molecule has 17 heavy (non-hydrogen) atoms. The highest BCUT2D eigenvalue weighted by Crippen LogP contribution is 2.37. The van der Waals surface area contributed by atoms with Gasteiger partial charge < -0.3 is 5.11 Å². The third-order valence-corrected chi connectivity index (χ3v) is 3.74. The largest absolute Gasteiger partial charge is 0.480 e. The molecule has 1 saturated heterocycles. The Balaban J connectivity index is 2.55. The fraction of sp³-hybridized carbons (Fsp3) is 0.538. The average molecular weight is 234 g/mol. The van der Waals surface area contributed by atoms with Crippen LogP contribution in [0.1, 0.15) is 30.5 Å². The van der Waals surface area contributed by atoms with Gasteiger partial charge in [0, 0.05) is 17.5 Å². The lowest BCUT2D eigenvalue weighted by Gasteiger charge is -2.42. The molecule has 2 heterocycles. The maximum Gasteiger partial charge on any atom is 0.328 e. The summed E-state index contributed by atoms with van der Waals surface area (Å²) in [7, 11) is 1.89. The van der Waals surface area contributed by atoms with Gasteiger partial charge in [-0.05, 0) is 45.8 Å². The van der Waals surface area contributed by atoms with Crippen molar-refractivity contribution in [1.82, 2.24) is 9.88 Å². The van der Waals surface area contributed by atoms with Crippen molar-refractivity contribution in [3.63, 3.8) is 0 Å². The van der Waals surface area contributed by atoms with Crippen LogP contribution in [0.4, 0.5) is 0 Å². The molecule has 0 spiro atoms. The molecule has 0 saturated carbocycles. The van der Waals surface area contributed by atoms with Gasteiger partial charge in [-0.25, -0.2) is 4.79 Å². The Morgan fingerprint density at radius 3 is 2.88 bits per heavy atom. The minimum atomic E-state index is -0.892. The summed E-state index contributed by atoms with van der Waals surface area (Å²) in [6.45, 7) is 2.70. The number of likely N-dealkylation sites (N-methyl/N-ethyl adjacent to an activating group) is 1. The molecule has 0 bridgehead atoms. The third kappa shape index (κ3) is 1.82. The van der Waals surface area contributed by atoms with Crippen LogP contribution in [-0.2, 0) is 10.3 Å². The highest BCUT2D eigenvalue weighted by Gasteiger charge is 2.46. The van der Waals surface area contributed by atoms with Crippen molar-refractivity contribution >= 4 is 5.97 Å². The van der Waals surface area contributed by atoms with E-state index in [0.717, 1.165) is 30.6 Å². The summed E-state index contributed by atoms with van der Waals surface area (Å²) in [5.74, 6) is -0.768. The topological polar surface area (TPSA) is 53.4 Å². The summed E-state index contributed by atoms with van der Waals surface area (Å²) < 4.78 is 0. The van der Waals surface area contributed by atoms with Crippen LogP contribution in [0.25, 0.3) is 0 Å². The number of carbonyl (C=O) groups is 1. The van der Waals surface area contributed by atoms with Crippen LogP contribution in [0.2, 0.25) is 0 Å². The first-order valence-corrected chi connectivity index (χ1v) is 5.96. The van der Waals surface area contributed by atoms with E-state index in [2.05, 4.69) is 4.98 Å². The molecule has 2 rings (SSSR count). The molecule has 0 radical (unpaired) electrons. The van der Waals surface area contributed by atoms with E-state index in [1.807, 2.05) is 31.0 Å². The van der Waals surface area contributed by atoms with E-state index < -0.39 is 11.5 Å². The second-order valence-electron chi connectivity index (χ2n) is 4.68. The van der Waals surface area contributed by atoms with Crippen molar-refractivity contribution in [2.75, 3.05) is 13.6 Å². The second-order valence-corrected chi connectivity index (χ2v) is 4.68. The maximum atomic E-state index is 11.8. The SMILES string of the molecule is Cc1ncccc1C1(C(=O)O)CCCCN1C. The number of likely N-dealkylation sites (tertiary alicyclic amines) is 1. The van der Waals surface area contributed by atoms with Gasteiger partial charge in [-0.3, -0.25) is 9.88 Å². The standard InChI is InChI=1S/C13H18N2O2/c1-10-11(6-5-8-14-10)13(12(16)17)7-3-4-9-15(13)2/h5-6,8H,3-4,7,9H2,1-2H3,(H,16,17). The molecule has 1 aromatic rings. The molecule has 0 aromatic carbocycles. The second kappa shape index (κ2) is 4.45. The molecule has 1 aromatic heterocycles. The summed E-state index contributed by atoms with van der Waals surface area (Å²) in [6.07, 6.45) is 4.37. The zero-order valence-electron chi connectivity index (χ0n) is 10.3. The quantitative estimate of drug-likeness (QED) is 0.847. The Labute approximate surface area is 101 Å². The van der Waals surface area contributed by atoms with Crippen molar-refractivity contribution in [3.8, 4) is 0 Å². The van der Waals surface area contributed by atoms with E-state index in [1.54, 1.807) is 6.20 Å². The molecular formula is C13H18N2O2. The molecule has 1 atom stereocenters. The van der Waals surface area contributed by atoms with E-state index in [-0.39, 0.29) is 0 Å². The van der Waals surface area contributed by atoms with Crippen LogP contribution in [0.15, 0.2) is 18.3 Å². The number of pyridine rings is 1. The van der Waals surface area contributed by atoms with E-state index in [9.17, 15) is 9.90 Å². The van der Waals surface area contributed by atoms with Crippen molar-refractivity contribution in [1.29, 1.82) is 0 Å². The number of aliphatic carboxylic acids is 1. The molecule has 1 aliphatic rings. The fourth-order valence-corrected chi connectivity index (χ4v) is 2.76. The number of carboxylic acid groups (broad SMARTS) is 1. The number of carboxylic acids is 1. The molecule has 0 amide bonds. The number of hydrogen-bond acceptors (Lipinski definition) is 3. The Kier molecular flexibility index (Phi) is 3.15. The summed E-state index contributed by atoms with van der Waals surface area (Å²) in [6, 6.07) is 3.70. The number of hydrogen-bond donors (Lipinski definition) is 1. The van der Waals surface area contributed by atoms with Crippen LogP contribution in [0, 0.1) is 6.92 Å². The van der Waals surface area contributed by atoms with Crippen LogP contribution >= 0.6 is 0 Å². The van der Waals surface area contributed by atoms with Crippen LogP contribution in [0.3, 0.4) is 0 Å². The number of aromatic nitrogens is 1. The molecule has 1 unspecified atom stereocenters. The molecule has 4 heteroatoms. The van der Waals surface area contributed by atoms with Crippen molar-refractivity contribution < 1.29 is 9.90 Å². The van der Waals surface area contributed by atoms with Gasteiger partial charge in [0.15, 0.2) is 0 Å². The van der Waals surface area contributed by atoms with Gasteiger partial charge in [-0.15, -0.1) is 0 Å². The number of rotatable bonds is 2. The number of nitrogens with zero attached hydrogens (tertiary/aromatic N) is 2. The Bertz CT molecular complexity index is 433. The van der Waals surface area contributed by atoms with Gasteiger partial charge in [0.05, 0.1) is 0 Å². The molecule has 0 aliphatic carbocycles. The monoisotopic (exact) mass is 234 g/mol. The van der Waals surface area contributed by atoms with Crippen molar-refractivity contribution in [2.24, 2.45) is 0 Å². The minimum absolute atomic E-state index is 0.658. The van der Waals surface area contributed by atoms with E-state index >= 15 is 0 Å². The molecule has 4 nitrogen and oxygen atoms in total. The Hall–Kier alpha value is -1.42. The Morgan fingerprint density at radius 1 is 1.53 bits per heavy atom. The molecule has 1 N–H and O–H groups in total. The van der Waals surface area contributed by atoms with Crippen molar-refractivity contribution in [3.05, 3.63) is 29.6 Å². The van der Waals surface area contributed by atoms with Gasteiger partial charge >= 0.3 is 5.97 Å². The predicted octanol–water partition coefficient (Wildman–Crippen LogP) is 1.79. The molecule has 1 aliphatic heterocycles. The summed E-state index contributed by atoms with van der Waals surface area (Å²) in [5, 5.41) is 9.67. The lowest BCUT2D eigenvalue weighted by Crippen LogP contribution is -2.53. The first kappa shape index (κ1) is 12.0. The first-order valence-electron chi connectivity index (χ1n) is 5.96. The summed E-state index contributed by atoms with van der Waals surface area (Å²) >= 11 is 0. The van der Waals surface area contributed by atoms with Gasteiger partial charge in [-0.1, -0.05) is 6.07 Å². The molecule has 1 fully saturated rings. The smallest absolute Gasteiger partial charge is 0.328 e. The third-order valence-electron chi connectivity index (χ3n) is 3.74. The maximum absolute atomic E-state index is 11.8. The summed E-state index contributed by atoms with van der Waals surface area (Å²) in [5.41, 5.74) is 0.745. The normalized spacial score (nSPS) is 25.8. The van der Waals surface area contributed by atoms with E-state index in [1.165, 1.54) is 0 Å². The van der Waals surface area contributed by atoms with E-state index in [4.69, 9.17) is 0 Å². The van der Waals surface area contributed by atoms with Gasteiger partial charge in [-0.2, -0.15) is 0 Å². The fourth-order valence-electron chi connectivity index (χ4n) is 2.76. The lowest BCUT2D eigenvalue weighted by atomic mass is 9.80. The van der Waals surface area contributed by atoms with Crippen molar-refractivity contribution in [2.45, 2.75) is 31.7 Å². The van der Waals surface area contributed by atoms with Gasteiger partial charge in [0.2, 0.25) is 0 Å². The van der Waals surface area contributed by atoms with E-state index in [0.29, 0.717) is 6.42 Å². The first-order chi connectivity index (χ1) is 8.09. The lowest BCUT2D eigenvalue weighted by molar-refractivity contribution is -0.154. The molecule has 92 valence electrons. The van der Waals surface area contributed by atoms with Gasteiger partial charge in [0.1, 0.15) is 5.54 Å². The predicted molar refractivity (Wildman–Crippen MR) is 64.8 cm³/mol. The Morgan fingerprint density at radius 2 is 2.29 bits per heavy atom. The summed E-state index contributed by atoms with van der Waals surface area (Å²) in [4.78, 5) is 17.9. The van der Waals surface area contributed by atoms with Crippen LogP contribution in [-0.4, -0.2) is 34.6 Å². The minimum Gasteiger partial charge on any atom is -0.480 e. The zero-order chi connectivity index (χ0) is 12.5. The van der Waals surface area contributed by atoms with Crippen LogP contribution in [0.5, 0.6) is 0 Å². The molecular weight excluding hydrogens is 216 g/mol. The van der Waals surface area contributed by atoms with Crippen LogP contribution < -0.4 is 0 Å². The zero-order valence-corrected chi connectivity index (χ0v) is 10.3.